The topological polar surface area (TPSA) is 25.8 Å². The minimum atomic E-state index is 0. The molecular weight excluding hydrogens is 557 g/mol. The molecule has 0 amide bonds. The largest absolute Gasteiger partial charge is 0.305 e. The van der Waals surface area contributed by atoms with Crippen LogP contribution in [-0.4, -0.2) is 9.97 Å². The summed E-state index contributed by atoms with van der Waals surface area (Å²) in [6, 6.07) is 42.5. The summed E-state index contributed by atoms with van der Waals surface area (Å²) in [6.45, 7) is 0. The molecule has 0 saturated carbocycles. The molecule has 0 aliphatic rings. The molecule has 2 nitrogen and oxygen atoms in total. The second-order valence-electron chi connectivity index (χ2n) is 6.56. The van der Waals surface area contributed by atoms with E-state index in [-0.39, 0.29) is 20.1 Å². The van der Waals surface area contributed by atoms with E-state index in [4.69, 9.17) is 0 Å². The zero-order valence-electron chi connectivity index (χ0n) is 16.8. The third-order valence-electron chi connectivity index (χ3n) is 4.51. The van der Waals surface area contributed by atoms with E-state index in [1.165, 1.54) is 11.1 Å². The van der Waals surface area contributed by atoms with Gasteiger partial charge in [-0.05, 0) is 23.5 Å². The Balaban J connectivity index is 0.000000183. The Bertz CT molecular complexity index is 1050. The van der Waals surface area contributed by atoms with E-state index >= 15 is 0 Å². The van der Waals surface area contributed by atoms with E-state index in [9.17, 15) is 0 Å². The van der Waals surface area contributed by atoms with Gasteiger partial charge in [0.05, 0.1) is 0 Å². The SMILES string of the molecule is [Ir].[c-]1cc(-c2ccccc2)ccc1-c1ccccn1.[c-]1ccccc1-c1ccccn1. The van der Waals surface area contributed by atoms with Crippen molar-refractivity contribution in [3.05, 3.63) is 134 Å². The van der Waals surface area contributed by atoms with Gasteiger partial charge in [-0.15, -0.1) is 65.7 Å². The molecule has 0 spiro atoms. The van der Waals surface area contributed by atoms with Crippen LogP contribution >= 0.6 is 0 Å². The molecule has 3 heteroatoms. The Labute approximate surface area is 197 Å². The number of benzene rings is 3. The van der Waals surface area contributed by atoms with Gasteiger partial charge in [-0.1, -0.05) is 65.7 Å². The summed E-state index contributed by atoms with van der Waals surface area (Å²) in [5.41, 5.74) is 6.38. The average Bonchev–Trinajstić information content (AvgIpc) is 2.87. The van der Waals surface area contributed by atoms with Gasteiger partial charge in [-0.3, -0.25) is 0 Å². The van der Waals surface area contributed by atoms with Crippen LogP contribution < -0.4 is 0 Å². The number of hydrogen-bond donors (Lipinski definition) is 0. The summed E-state index contributed by atoms with van der Waals surface area (Å²) in [6.07, 6.45) is 3.59. The first-order valence-electron chi connectivity index (χ1n) is 9.77. The zero-order chi connectivity index (χ0) is 20.4. The molecular formula is C28H20IrN2-2. The fourth-order valence-electron chi connectivity index (χ4n) is 2.99. The van der Waals surface area contributed by atoms with E-state index in [0.717, 1.165) is 22.5 Å². The minimum Gasteiger partial charge on any atom is -0.305 e. The van der Waals surface area contributed by atoms with Crippen LogP contribution in [0.25, 0.3) is 33.6 Å². The average molecular weight is 577 g/mol. The molecule has 0 bridgehead atoms. The van der Waals surface area contributed by atoms with Gasteiger partial charge in [0.1, 0.15) is 0 Å². The molecule has 0 saturated heterocycles. The van der Waals surface area contributed by atoms with Gasteiger partial charge in [0.2, 0.25) is 0 Å². The van der Waals surface area contributed by atoms with E-state index in [0.29, 0.717) is 0 Å². The molecule has 2 heterocycles. The van der Waals surface area contributed by atoms with E-state index in [2.05, 4.69) is 46.4 Å². The molecule has 0 N–H and O–H groups in total. The Kier molecular flexibility index (Phi) is 8.42. The van der Waals surface area contributed by atoms with Gasteiger partial charge >= 0.3 is 0 Å². The molecule has 0 unspecified atom stereocenters. The number of aromatic nitrogens is 2. The van der Waals surface area contributed by atoms with Crippen LogP contribution in [0.3, 0.4) is 0 Å². The first kappa shape index (κ1) is 22.3. The van der Waals surface area contributed by atoms with Crippen molar-refractivity contribution in [2.24, 2.45) is 0 Å². The Morgan fingerprint density at radius 2 is 1.10 bits per heavy atom. The molecule has 5 aromatic rings. The standard InChI is InChI=1S/C17H12N.C11H8N.Ir/c1-2-6-14(7-3-1)15-9-11-16(12-10-15)17-8-4-5-13-18-17;1-2-6-10(7-3-1)11-8-4-5-9-12-11;/h1-11,13H;1-6,8-9H;/q2*-1;. The van der Waals surface area contributed by atoms with Crippen molar-refractivity contribution < 1.29 is 20.1 Å². The molecule has 1 radical (unpaired) electrons. The maximum absolute atomic E-state index is 4.32. The number of nitrogens with zero attached hydrogens (tertiary/aromatic N) is 2. The summed E-state index contributed by atoms with van der Waals surface area (Å²) in [7, 11) is 0. The third kappa shape index (κ3) is 6.29. The summed E-state index contributed by atoms with van der Waals surface area (Å²) in [5.74, 6) is 0. The Morgan fingerprint density at radius 3 is 1.61 bits per heavy atom. The van der Waals surface area contributed by atoms with Crippen LogP contribution in [0.5, 0.6) is 0 Å². The quantitative estimate of drug-likeness (QED) is 0.222. The van der Waals surface area contributed by atoms with Crippen molar-refractivity contribution in [3.63, 3.8) is 0 Å². The number of hydrogen-bond acceptors (Lipinski definition) is 2. The second-order valence-corrected chi connectivity index (χ2v) is 6.56. The normalized spacial score (nSPS) is 9.68. The van der Waals surface area contributed by atoms with Crippen LogP contribution in [0.1, 0.15) is 0 Å². The summed E-state index contributed by atoms with van der Waals surface area (Å²) < 4.78 is 0. The Morgan fingerprint density at radius 1 is 0.484 bits per heavy atom. The zero-order valence-corrected chi connectivity index (χ0v) is 19.2. The molecule has 0 fully saturated rings. The van der Waals surface area contributed by atoms with Crippen LogP contribution in [0.15, 0.2) is 122 Å². The number of rotatable bonds is 3. The van der Waals surface area contributed by atoms with E-state index in [1.54, 1.807) is 12.4 Å². The van der Waals surface area contributed by atoms with E-state index in [1.807, 2.05) is 84.9 Å². The predicted molar refractivity (Wildman–Crippen MR) is 122 cm³/mol. The van der Waals surface area contributed by atoms with Gasteiger partial charge < -0.3 is 9.97 Å². The van der Waals surface area contributed by atoms with Gasteiger partial charge in [-0.25, -0.2) is 0 Å². The summed E-state index contributed by atoms with van der Waals surface area (Å²) in [5, 5.41) is 0. The van der Waals surface area contributed by atoms with Crippen molar-refractivity contribution in [2.75, 3.05) is 0 Å². The van der Waals surface area contributed by atoms with Crippen LogP contribution in [0.4, 0.5) is 0 Å². The van der Waals surface area contributed by atoms with Crippen molar-refractivity contribution in [1.82, 2.24) is 9.97 Å². The molecule has 0 atom stereocenters. The molecule has 3 aromatic carbocycles. The molecule has 5 rings (SSSR count). The maximum Gasteiger partial charge on any atom is 0.0160 e. The minimum absolute atomic E-state index is 0. The molecule has 0 aliphatic carbocycles. The molecule has 153 valence electrons. The molecule has 31 heavy (non-hydrogen) atoms. The number of pyridine rings is 2. The molecule has 2 aromatic heterocycles. The van der Waals surface area contributed by atoms with Crippen molar-refractivity contribution in [1.29, 1.82) is 0 Å². The third-order valence-corrected chi connectivity index (χ3v) is 4.51. The fraction of sp³-hybridized carbons (Fsp3) is 0. The van der Waals surface area contributed by atoms with Crippen molar-refractivity contribution in [3.8, 4) is 33.6 Å². The van der Waals surface area contributed by atoms with Crippen molar-refractivity contribution >= 4 is 0 Å². The van der Waals surface area contributed by atoms with Crippen LogP contribution in [0, 0.1) is 12.1 Å². The van der Waals surface area contributed by atoms with Crippen LogP contribution in [-0.2, 0) is 20.1 Å². The summed E-state index contributed by atoms with van der Waals surface area (Å²) >= 11 is 0. The van der Waals surface area contributed by atoms with Gasteiger partial charge in [-0.2, -0.15) is 0 Å². The summed E-state index contributed by atoms with van der Waals surface area (Å²) in [4.78, 5) is 8.54. The van der Waals surface area contributed by atoms with Gasteiger partial charge in [0.15, 0.2) is 0 Å². The maximum atomic E-state index is 4.32. The first-order chi connectivity index (χ1) is 14.9. The monoisotopic (exact) mass is 577 g/mol. The Hall–Kier alpha value is -3.39. The van der Waals surface area contributed by atoms with E-state index < -0.39 is 0 Å². The first-order valence-corrected chi connectivity index (χ1v) is 9.77. The second kappa shape index (κ2) is 11.7. The van der Waals surface area contributed by atoms with Gasteiger partial charge in [0, 0.05) is 32.5 Å². The van der Waals surface area contributed by atoms with Crippen molar-refractivity contribution in [2.45, 2.75) is 0 Å². The molecule has 0 aliphatic heterocycles. The smallest absolute Gasteiger partial charge is 0.0160 e. The predicted octanol–water partition coefficient (Wildman–Crippen LogP) is 6.76. The van der Waals surface area contributed by atoms with Crippen LogP contribution in [0.2, 0.25) is 0 Å². The van der Waals surface area contributed by atoms with Gasteiger partial charge in [0.25, 0.3) is 0 Å². The fourth-order valence-corrected chi connectivity index (χ4v) is 2.99.